The molecule has 158 valence electrons. The molecule has 0 spiro atoms. The first-order valence-corrected chi connectivity index (χ1v) is 11.5. The van der Waals surface area contributed by atoms with Gasteiger partial charge in [-0.25, -0.2) is 5.01 Å². The number of ether oxygens (including phenoxy) is 2. The Morgan fingerprint density at radius 2 is 1.81 bits per heavy atom. The van der Waals surface area contributed by atoms with E-state index >= 15 is 0 Å². The van der Waals surface area contributed by atoms with Crippen LogP contribution in [0.5, 0.6) is 11.5 Å². The summed E-state index contributed by atoms with van der Waals surface area (Å²) in [6, 6.07) is 22.2. The Kier molecular flexibility index (Phi) is 5.40. The summed E-state index contributed by atoms with van der Waals surface area (Å²) in [5.74, 6) is 1.76. The van der Waals surface area contributed by atoms with Crippen LogP contribution in [0.25, 0.3) is 0 Å². The Morgan fingerprint density at radius 1 is 1.06 bits per heavy atom. The van der Waals surface area contributed by atoms with Crippen molar-refractivity contribution in [1.29, 1.82) is 0 Å². The lowest BCUT2D eigenvalue weighted by molar-refractivity contribution is -0.0190. The number of benzene rings is 3. The third-order valence-electron chi connectivity index (χ3n) is 5.47. The van der Waals surface area contributed by atoms with E-state index in [0.717, 1.165) is 44.8 Å². The van der Waals surface area contributed by atoms with Crippen molar-refractivity contribution < 1.29 is 9.47 Å². The molecule has 0 saturated heterocycles. The monoisotopic (exact) mass is 496 g/mol. The van der Waals surface area contributed by atoms with Crippen LogP contribution in [0.4, 0.5) is 0 Å². The van der Waals surface area contributed by atoms with Gasteiger partial charge in [0.25, 0.3) is 0 Å². The quantitative estimate of drug-likeness (QED) is 0.384. The van der Waals surface area contributed by atoms with Crippen LogP contribution < -0.4 is 9.47 Å². The first-order valence-electron chi connectivity index (χ1n) is 10.3. The fourth-order valence-corrected chi connectivity index (χ4v) is 4.58. The van der Waals surface area contributed by atoms with Gasteiger partial charge in [0.05, 0.1) is 17.9 Å². The third-order valence-corrected chi connectivity index (χ3v) is 6.21. The highest BCUT2D eigenvalue weighted by Gasteiger charge is 2.41. The third kappa shape index (κ3) is 4.04. The number of halogens is 2. The molecule has 0 bridgehead atoms. The Bertz CT molecular complexity index is 1130. The van der Waals surface area contributed by atoms with E-state index in [1.54, 1.807) is 0 Å². The molecule has 0 aliphatic carbocycles. The molecule has 0 radical (unpaired) electrons. The summed E-state index contributed by atoms with van der Waals surface area (Å²) < 4.78 is 13.2. The second kappa shape index (κ2) is 8.21. The van der Waals surface area contributed by atoms with E-state index in [1.807, 2.05) is 62.4 Å². The molecular formula is C25H22BrClN2O2. The number of hydrazone groups is 1. The number of hydrogen-bond donors (Lipinski definition) is 0. The maximum Gasteiger partial charge on any atom is 0.213 e. The zero-order valence-corrected chi connectivity index (χ0v) is 19.6. The van der Waals surface area contributed by atoms with Gasteiger partial charge in [0.15, 0.2) is 0 Å². The van der Waals surface area contributed by atoms with Crippen molar-refractivity contribution in [3.63, 3.8) is 0 Å². The maximum absolute atomic E-state index is 6.41. The van der Waals surface area contributed by atoms with Crippen LogP contribution in [0.15, 0.2) is 76.3 Å². The van der Waals surface area contributed by atoms with Crippen LogP contribution in [0.1, 0.15) is 49.2 Å². The van der Waals surface area contributed by atoms with E-state index in [-0.39, 0.29) is 18.4 Å². The molecule has 2 aliphatic rings. The highest BCUT2D eigenvalue weighted by molar-refractivity contribution is 9.10. The summed E-state index contributed by atoms with van der Waals surface area (Å²) in [6.45, 7) is 4.05. The topological polar surface area (TPSA) is 34.1 Å². The number of nitrogens with zero attached hydrogens (tertiary/aromatic N) is 2. The van der Waals surface area contributed by atoms with Crippen LogP contribution in [0, 0.1) is 0 Å². The molecule has 3 aromatic carbocycles. The minimum absolute atomic E-state index is 0.100. The van der Waals surface area contributed by atoms with Gasteiger partial charge in [-0.15, -0.1) is 0 Å². The summed E-state index contributed by atoms with van der Waals surface area (Å²) in [5.41, 5.74) is 4.29. The van der Waals surface area contributed by atoms with E-state index in [0.29, 0.717) is 5.02 Å². The Balaban J connectivity index is 1.52. The predicted octanol–water partition coefficient (Wildman–Crippen LogP) is 7.13. The zero-order valence-electron chi connectivity index (χ0n) is 17.3. The average Bonchev–Trinajstić information content (AvgIpc) is 3.20. The molecular weight excluding hydrogens is 476 g/mol. The molecule has 4 nitrogen and oxygen atoms in total. The van der Waals surface area contributed by atoms with Crippen molar-refractivity contribution in [3.8, 4) is 11.5 Å². The summed E-state index contributed by atoms with van der Waals surface area (Å²) >= 11 is 9.71. The molecule has 3 aromatic rings. The fourth-order valence-electron chi connectivity index (χ4n) is 4.08. The van der Waals surface area contributed by atoms with E-state index in [4.69, 9.17) is 26.2 Å². The number of fused-ring (bicyclic) bond motifs is 3. The second-order valence-electron chi connectivity index (χ2n) is 8.04. The molecule has 0 aromatic heterocycles. The minimum Gasteiger partial charge on any atom is -0.491 e. The molecule has 31 heavy (non-hydrogen) atoms. The maximum atomic E-state index is 6.41. The van der Waals surface area contributed by atoms with Crippen LogP contribution >= 0.6 is 27.5 Å². The first-order chi connectivity index (χ1) is 15.0. The van der Waals surface area contributed by atoms with Gasteiger partial charge < -0.3 is 9.47 Å². The largest absolute Gasteiger partial charge is 0.491 e. The van der Waals surface area contributed by atoms with Crippen LogP contribution in [0.2, 0.25) is 5.02 Å². The van der Waals surface area contributed by atoms with Crippen LogP contribution in [0.3, 0.4) is 0 Å². The normalized spacial score (nSPS) is 19.5. The highest BCUT2D eigenvalue weighted by Crippen LogP contribution is 2.48. The van der Waals surface area contributed by atoms with Gasteiger partial charge in [-0.2, -0.15) is 5.10 Å². The molecule has 0 unspecified atom stereocenters. The first kappa shape index (κ1) is 20.4. The highest BCUT2D eigenvalue weighted by atomic mass is 79.9. The van der Waals surface area contributed by atoms with Gasteiger partial charge in [0, 0.05) is 27.0 Å². The smallest absolute Gasteiger partial charge is 0.213 e. The van der Waals surface area contributed by atoms with E-state index < -0.39 is 0 Å². The van der Waals surface area contributed by atoms with Crippen molar-refractivity contribution in [3.05, 3.63) is 92.9 Å². The van der Waals surface area contributed by atoms with Gasteiger partial charge in [-0.1, -0.05) is 39.7 Å². The average molecular weight is 498 g/mol. The van der Waals surface area contributed by atoms with Crippen molar-refractivity contribution in [1.82, 2.24) is 5.01 Å². The van der Waals surface area contributed by atoms with Crippen molar-refractivity contribution >= 4 is 33.2 Å². The van der Waals surface area contributed by atoms with E-state index in [9.17, 15) is 0 Å². The van der Waals surface area contributed by atoms with Crippen molar-refractivity contribution in [2.75, 3.05) is 0 Å². The molecule has 2 atom stereocenters. The van der Waals surface area contributed by atoms with Crippen molar-refractivity contribution in [2.45, 2.75) is 38.6 Å². The molecule has 0 saturated carbocycles. The fraction of sp³-hybridized carbons (Fsp3) is 0.240. The van der Waals surface area contributed by atoms with Gasteiger partial charge in [0.2, 0.25) is 6.23 Å². The lowest BCUT2D eigenvalue weighted by Gasteiger charge is -2.38. The Morgan fingerprint density at radius 3 is 2.52 bits per heavy atom. The summed E-state index contributed by atoms with van der Waals surface area (Å²) in [5, 5.41) is 7.79. The van der Waals surface area contributed by atoms with Gasteiger partial charge in [-0.3, -0.25) is 0 Å². The summed E-state index contributed by atoms with van der Waals surface area (Å²) in [6.07, 6.45) is 0.647. The van der Waals surface area contributed by atoms with E-state index in [1.165, 1.54) is 0 Å². The lowest BCUT2D eigenvalue weighted by atomic mass is 9.96. The summed E-state index contributed by atoms with van der Waals surface area (Å²) in [7, 11) is 0. The number of hydrogen-bond acceptors (Lipinski definition) is 4. The molecule has 2 heterocycles. The van der Waals surface area contributed by atoms with Crippen LogP contribution in [-0.2, 0) is 0 Å². The summed E-state index contributed by atoms with van der Waals surface area (Å²) in [4.78, 5) is 0. The SMILES string of the molecule is CC(C)Oc1ccc(C2=NN3[C@H](C2)c2cc(Br)ccc2O[C@@H]3c2ccc(Cl)cc2)cc1. The molecule has 0 fully saturated rings. The van der Waals surface area contributed by atoms with Crippen LogP contribution in [-0.4, -0.2) is 16.8 Å². The lowest BCUT2D eigenvalue weighted by Crippen LogP contribution is -2.33. The molecule has 0 N–H and O–H groups in total. The second-order valence-corrected chi connectivity index (χ2v) is 9.39. The molecule has 2 aliphatic heterocycles. The molecule has 0 amide bonds. The molecule has 6 heteroatoms. The Hall–Kier alpha value is -2.50. The minimum atomic E-state index is -0.308. The predicted molar refractivity (Wildman–Crippen MR) is 127 cm³/mol. The van der Waals surface area contributed by atoms with E-state index in [2.05, 4.69) is 39.1 Å². The van der Waals surface area contributed by atoms with Gasteiger partial charge in [0.1, 0.15) is 11.5 Å². The number of rotatable bonds is 4. The van der Waals surface area contributed by atoms with Crippen molar-refractivity contribution in [2.24, 2.45) is 5.10 Å². The standard InChI is InChI=1S/C25H22BrClN2O2/c1-15(2)30-20-10-5-16(6-11-20)22-14-23-21-13-18(26)7-12-24(21)31-25(29(23)28-22)17-3-8-19(27)9-4-17/h3-13,15,23,25H,14H2,1-2H3/t23-,25-/m1/s1. The van der Waals surface area contributed by atoms with Gasteiger partial charge in [-0.05, 0) is 74.0 Å². The Labute approximate surface area is 195 Å². The van der Waals surface area contributed by atoms with Gasteiger partial charge >= 0.3 is 0 Å². The zero-order chi connectivity index (χ0) is 21.5. The molecule has 5 rings (SSSR count).